The SMILES string of the molecule is CC(C)N(C)Cc1ccc(O)cc1.[Ac]. The Hall–Kier alpha value is 0.422. The molecule has 1 aromatic rings. The number of aromatic hydroxyl groups is 1. The van der Waals surface area contributed by atoms with Gasteiger partial charge in [-0.25, -0.2) is 0 Å². The van der Waals surface area contributed by atoms with Gasteiger partial charge in [-0.1, -0.05) is 12.1 Å². The van der Waals surface area contributed by atoms with E-state index in [0.29, 0.717) is 11.8 Å². The molecule has 1 N–H and O–H groups in total. The van der Waals surface area contributed by atoms with Crippen LogP contribution in [0.5, 0.6) is 5.75 Å². The van der Waals surface area contributed by atoms with E-state index in [-0.39, 0.29) is 44.1 Å². The van der Waals surface area contributed by atoms with Gasteiger partial charge in [0.2, 0.25) is 0 Å². The number of benzene rings is 1. The van der Waals surface area contributed by atoms with E-state index < -0.39 is 0 Å². The Labute approximate surface area is 122 Å². The monoisotopic (exact) mass is 406 g/mol. The summed E-state index contributed by atoms with van der Waals surface area (Å²) in [5.41, 5.74) is 1.23. The molecule has 0 spiro atoms. The van der Waals surface area contributed by atoms with Crippen molar-refractivity contribution in [3.05, 3.63) is 29.8 Å². The quantitative estimate of drug-likeness (QED) is 0.833. The minimum Gasteiger partial charge on any atom is -0.508 e. The molecule has 1 aromatic carbocycles. The molecule has 0 saturated carbocycles. The van der Waals surface area contributed by atoms with Crippen molar-refractivity contribution in [1.82, 2.24) is 4.90 Å². The topological polar surface area (TPSA) is 23.5 Å². The molecule has 0 bridgehead atoms. The first-order valence-corrected chi connectivity index (χ1v) is 4.57. The molecule has 0 aliphatic rings. The Morgan fingerprint density at radius 1 is 1.21 bits per heavy atom. The maximum atomic E-state index is 9.09. The van der Waals surface area contributed by atoms with E-state index in [9.17, 15) is 0 Å². The Balaban J connectivity index is 0.00000169. The number of nitrogens with zero attached hydrogens (tertiary/aromatic N) is 1. The number of hydrogen-bond acceptors (Lipinski definition) is 2. The zero-order chi connectivity index (χ0) is 9.84. The summed E-state index contributed by atoms with van der Waals surface area (Å²) in [5.74, 6) is 0.330. The Morgan fingerprint density at radius 3 is 2.14 bits per heavy atom. The summed E-state index contributed by atoms with van der Waals surface area (Å²) < 4.78 is 0. The molecule has 0 amide bonds. The average molecular weight is 406 g/mol. The van der Waals surface area contributed by atoms with Crippen LogP contribution in [0.15, 0.2) is 24.3 Å². The normalized spacial score (nSPS) is 10.4. The van der Waals surface area contributed by atoms with E-state index in [0.717, 1.165) is 6.54 Å². The van der Waals surface area contributed by atoms with Crippen molar-refractivity contribution in [1.29, 1.82) is 0 Å². The van der Waals surface area contributed by atoms with Crippen molar-refractivity contribution in [2.75, 3.05) is 7.05 Å². The van der Waals surface area contributed by atoms with Crippen molar-refractivity contribution in [2.24, 2.45) is 0 Å². The molecule has 14 heavy (non-hydrogen) atoms. The summed E-state index contributed by atoms with van der Waals surface area (Å²) >= 11 is 0. The number of rotatable bonds is 3. The number of phenolic OH excluding ortho intramolecular Hbond substituents is 1. The van der Waals surface area contributed by atoms with Gasteiger partial charge in [0.1, 0.15) is 5.75 Å². The molecule has 0 unspecified atom stereocenters. The van der Waals surface area contributed by atoms with Gasteiger partial charge in [0.15, 0.2) is 0 Å². The molecule has 0 aromatic heterocycles. The van der Waals surface area contributed by atoms with Crippen LogP contribution in [-0.2, 0) is 6.54 Å². The fourth-order valence-corrected chi connectivity index (χ4v) is 1.07. The van der Waals surface area contributed by atoms with Crippen molar-refractivity contribution in [2.45, 2.75) is 26.4 Å². The van der Waals surface area contributed by atoms with Crippen LogP contribution in [0.4, 0.5) is 0 Å². The molecule has 0 fully saturated rings. The first-order chi connectivity index (χ1) is 6.09. The second kappa shape index (κ2) is 6.82. The van der Waals surface area contributed by atoms with Crippen molar-refractivity contribution >= 4 is 0 Å². The van der Waals surface area contributed by atoms with Gasteiger partial charge in [-0.3, -0.25) is 4.90 Å². The van der Waals surface area contributed by atoms with E-state index >= 15 is 0 Å². The van der Waals surface area contributed by atoms with Gasteiger partial charge in [-0.2, -0.15) is 0 Å². The van der Waals surface area contributed by atoms with E-state index in [4.69, 9.17) is 5.11 Å². The predicted octanol–water partition coefficient (Wildman–Crippen LogP) is 2.23. The van der Waals surface area contributed by atoms with Gasteiger partial charge >= 0.3 is 0 Å². The standard InChI is InChI=1S/C11H17NO.Ac/c1-9(2)12(3)8-10-4-6-11(13)7-5-10;/h4-7,9,13H,8H2,1-3H3;. The molecule has 0 aliphatic carbocycles. The molecule has 0 atom stereocenters. The third-order valence-electron chi connectivity index (χ3n) is 2.25. The summed E-state index contributed by atoms with van der Waals surface area (Å²) in [6.07, 6.45) is 0. The van der Waals surface area contributed by atoms with Crippen LogP contribution in [-0.4, -0.2) is 23.1 Å². The van der Waals surface area contributed by atoms with Crippen LogP contribution in [0.3, 0.4) is 0 Å². The van der Waals surface area contributed by atoms with Crippen LogP contribution in [0, 0.1) is 44.1 Å². The van der Waals surface area contributed by atoms with Crippen molar-refractivity contribution in [3.63, 3.8) is 0 Å². The molecule has 0 heterocycles. The smallest absolute Gasteiger partial charge is 0.115 e. The first kappa shape index (κ1) is 14.4. The van der Waals surface area contributed by atoms with Crippen molar-refractivity contribution < 1.29 is 49.2 Å². The molecule has 2 nitrogen and oxygen atoms in total. The fraction of sp³-hybridized carbons (Fsp3) is 0.455. The minimum atomic E-state index is 0. The average Bonchev–Trinajstić information content (AvgIpc) is 2.08. The van der Waals surface area contributed by atoms with Gasteiger partial charge in [-0.15, -0.1) is 0 Å². The van der Waals surface area contributed by atoms with Crippen LogP contribution in [0.2, 0.25) is 0 Å². The zero-order valence-electron chi connectivity index (χ0n) is 9.07. The number of hydrogen-bond donors (Lipinski definition) is 1. The van der Waals surface area contributed by atoms with Crippen LogP contribution in [0.25, 0.3) is 0 Å². The largest absolute Gasteiger partial charge is 0.508 e. The maximum Gasteiger partial charge on any atom is 0.115 e. The van der Waals surface area contributed by atoms with Crippen LogP contribution >= 0.6 is 0 Å². The third kappa shape index (κ3) is 4.78. The number of phenols is 1. The fourth-order valence-electron chi connectivity index (χ4n) is 1.07. The van der Waals surface area contributed by atoms with Gasteiger partial charge in [0.05, 0.1) is 0 Å². The second-order valence-electron chi connectivity index (χ2n) is 3.68. The van der Waals surface area contributed by atoms with Crippen molar-refractivity contribution in [3.8, 4) is 5.75 Å². The van der Waals surface area contributed by atoms with Gasteiger partial charge in [-0.05, 0) is 38.6 Å². The Morgan fingerprint density at radius 2 is 1.71 bits per heavy atom. The Kier molecular flexibility index (Phi) is 7.03. The first-order valence-electron chi connectivity index (χ1n) is 4.57. The zero-order valence-corrected chi connectivity index (χ0v) is 13.8. The van der Waals surface area contributed by atoms with E-state index in [1.54, 1.807) is 12.1 Å². The molecule has 0 aliphatic heterocycles. The molecule has 3 heteroatoms. The maximum absolute atomic E-state index is 9.09. The molecule has 1 rings (SSSR count). The van der Waals surface area contributed by atoms with Gasteiger partial charge < -0.3 is 5.11 Å². The molecule has 1 radical (unpaired) electrons. The molecule has 75 valence electrons. The van der Waals surface area contributed by atoms with Gasteiger partial charge in [0, 0.05) is 56.6 Å². The van der Waals surface area contributed by atoms with E-state index in [1.165, 1.54) is 5.56 Å². The summed E-state index contributed by atoms with van der Waals surface area (Å²) in [4.78, 5) is 2.26. The van der Waals surface area contributed by atoms with Crippen LogP contribution in [0.1, 0.15) is 19.4 Å². The van der Waals surface area contributed by atoms with E-state index in [1.807, 2.05) is 12.1 Å². The second-order valence-corrected chi connectivity index (χ2v) is 3.68. The predicted molar refractivity (Wildman–Crippen MR) is 54.7 cm³/mol. The molecular weight excluding hydrogens is 389 g/mol. The third-order valence-corrected chi connectivity index (χ3v) is 2.25. The molecular formula is C11H17AcNO. The van der Waals surface area contributed by atoms with Gasteiger partial charge in [0.25, 0.3) is 0 Å². The minimum absolute atomic E-state index is 0. The summed E-state index contributed by atoms with van der Waals surface area (Å²) in [6, 6.07) is 7.91. The summed E-state index contributed by atoms with van der Waals surface area (Å²) in [5, 5.41) is 9.09. The van der Waals surface area contributed by atoms with Crippen LogP contribution < -0.4 is 0 Å². The summed E-state index contributed by atoms with van der Waals surface area (Å²) in [7, 11) is 2.09. The summed E-state index contributed by atoms with van der Waals surface area (Å²) in [6.45, 7) is 5.26. The Bertz CT molecular complexity index is 258. The molecule has 0 saturated heterocycles. The van der Waals surface area contributed by atoms with E-state index in [2.05, 4.69) is 25.8 Å².